The highest BCUT2D eigenvalue weighted by molar-refractivity contribution is 5.71. The van der Waals surface area contributed by atoms with Crippen molar-refractivity contribution in [3.05, 3.63) is 60.8 Å². The minimum Gasteiger partial charge on any atom is -0.462 e. The number of hydrogen-bond donors (Lipinski definition) is 0. The van der Waals surface area contributed by atoms with Crippen LogP contribution < -0.4 is 0 Å². The Morgan fingerprint density at radius 1 is 0.280 bits per heavy atom. The Morgan fingerprint density at radius 2 is 0.520 bits per heavy atom. The van der Waals surface area contributed by atoms with Crippen LogP contribution in [0.4, 0.5) is 0 Å². The van der Waals surface area contributed by atoms with E-state index in [4.69, 9.17) is 14.2 Å². The Balaban J connectivity index is 4.30. The fraction of sp³-hybridized carbons (Fsp3) is 0.812. The normalized spacial score (nSPS) is 12.4. The van der Waals surface area contributed by atoms with Crippen LogP contribution in [0, 0.1) is 0 Å². The van der Waals surface area contributed by atoms with Gasteiger partial charge >= 0.3 is 17.9 Å². The number of allylic oxidation sites excluding steroid dienone is 10. The smallest absolute Gasteiger partial charge is 0.306 e. The fourth-order valence-electron chi connectivity index (χ4n) is 9.61. The summed E-state index contributed by atoms with van der Waals surface area (Å²) in [6.07, 6.45) is 80.8. The van der Waals surface area contributed by atoms with Crippen molar-refractivity contribution in [2.45, 2.75) is 348 Å². The Bertz CT molecular complexity index is 1340. The molecule has 75 heavy (non-hydrogen) atoms. The zero-order valence-electron chi connectivity index (χ0n) is 50.1. The lowest BCUT2D eigenvalue weighted by Crippen LogP contribution is -2.30. The predicted molar refractivity (Wildman–Crippen MR) is 325 cm³/mol. The molecular formula is C69H124O6. The Labute approximate surface area is 466 Å². The quantitative estimate of drug-likeness (QED) is 0.0261. The first-order chi connectivity index (χ1) is 37.0. The van der Waals surface area contributed by atoms with E-state index in [0.29, 0.717) is 19.3 Å². The van der Waals surface area contributed by atoms with Gasteiger partial charge in [0.2, 0.25) is 0 Å². The minimum atomic E-state index is -0.778. The molecule has 0 rings (SSSR count). The molecular weight excluding hydrogens is 925 g/mol. The van der Waals surface area contributed by atoms with E-state index in [1.807, 2.05) is 0 Å². The second-order valence-corrected chi connectivity index (χ2v) is 22.0. The van der Waals surface area contributed by atoms with E-state index in [1.54, 1.807) is 0 Å². The van der Waals surface area contributed by atoms with Crippen LogP contribution in [0.15, 0.2) is 60.8 Å². The van der Waals surface area contributed by atoms with Crippen LogP contribution in [0.25, 0.3) is 0 Å². The van der Waals surface area contributed by atoms with Crippen LogP contribution in [0.5, 0.6) is 0 Å². The number of esters is 3. The van der Waals surface area contributed by atoms with Gasteiger partial charge in [-0.25, -0.2) is 0 Å². The van der Waals surface area contributed by atoms with E-state index < -0.39 is 6.10 Å². The molecule has 0 aromatic carbocycles. The Morgan fingerprint density at radius 3 is 0.827 bits per heavy atom. The number of hydrogen-bond acceptors (Lipinski definition) is 6. The molecule has 1 atom stereocenters. The van der Waals surface area contributed by atoms with E-state index >= 15 is 0 Å². The molecule has 0 fully saturated rings. The van der Waals surface area contributed by atoms with Crippen molar-refractivity contribution in [3.63, 3.8) is 0 Å². The molecule has 0 radical (unpaired) electrons. The lowest BCUT2D eigenvalue weighted by atomic mass is 10.0. The lowest BCUT2D eigenvalue weighted by Gasteiger charge is -2.18. The number of unbranched alkanes of at least 4 members (excludes halogenated alkanes) is 39. The molecule has 0 heterocycles. The predicted octanol–water partition coefficient (Wildman–Crippen LogP) is 22.3. The number of rotatable bonds is 60. The Kier molecular flexibility index (Phi) is 61.2. The average molecular weight is 1050 g/mol. The summed E-state index contributed by atoms with van der Waals surface area (Å²) >= 11 is 0. The number of carbonyl (C=O) groups is 3. The van der Waals surface area contributed by atoms with Crippen LogP contribution in [-0.2, 0) is 28.6 Å². The number of carbonyl (C=O) groups excluding carboxylic acids is 3. The molecule has 0 N–H and O–H groups in total. The molecule has 0 aliphatic carbocycles. The van der Waals surface area contributed by atoms with Crippen molar-refractivity contribution in [2.24, 2.45) is 0 Å². The molecule has 6 heteroatoms. The summed E-state index contributed by atoms with van der Waals surface area (Å²) in [4.78, 5) is 38.3. The summed E-state index contributed by atoms with van der Waals surface area (Å²) in [5, 5.41) is 0. The van der Waals surface area contributed by atoms with E-state index in [9.17, 15) is 14.4 Å². The monoisotopic (exact) mass is 1050 g/mol. The molecule has 0 amide bonds. The average Bonchev–Trinajstić information content (AvgIpc) is 3.41. The van der Waals surface area contributed by atoms with Gasteiger partial charge in [-0.2, -0.15) is 0 Å². The van der Waals surface area contributed by atoms with Crippen LogP contribution in [0.2, 0.25) is 0 Å². The van der Waals surface area contributed by atoms with Gasteiger partial charge in [-0.05, 0) is 83.5 Å². The van der Waals surface area contributed by atoms with Crippen LogP contribution >= 0.6 is 0 Å². The molecule has 0 aliphatic heterocycles. The van der Waals surface area contributed by atoms with Crippen molar-refractivity contribution >= 4 is 17.9 Å². The van der Waals surface area contributed by atoms with Gasteiger partial charge in [0.1, 0.15) is 13.2 Å². The molecule has 0 saturated heterocycles. The second-order valence-electron chi connectivity index (χ2n) is 22.0. The largest absolute Gasteiger partial charge is 0.462 e. The third kappa shape index (κ3) is 61.8. The SMILES string of the molecule is CC/C=C\C/C=C\C/C=C\C/C=C\CCCCCCCCCCC(=O)OC(COC(=O)CCCCCCCCCCCCC/C=C\CCCCCCCCCC)COC(=O)CCCCCCCCCCCCCCC. The zero-order chi connectivity index (χ0) is 54.3. The summed E-state index contributed by atoms with van der Waals surface area (Å²) in [7, 11) is 0. The highest BCUT2D eigenvalue weighted by atomic mass is 16.6. The van der Waals surface area contributed by atoms with Gasteiger partial charge in [0.25, 0.3) is 0 Å². The maximum atomic E-state index is 12.9. The van der Waals surface area contributed by atoms with Crippen molar-refractivity contribution in [2.75, 3.05) is 13.2 Å². The first kappa shape index (κ1) is 72.1. The highest BCUT2D eigenvalue weighted by Crippen LogP contribution is 2.17. The van der Waals surface area contributed by atoms with Gasteiger partial charge < -0.3 is 14.2 Å². The van der Waals surface area contributed by atoms with Gasteiger partial charge in [0.05, 0.1) is 0 Å². The molecule has 0 aromatic heterocycles. The topological polar surface area (TPSA) is 78.9 Å². The van der Waals surface area contributed by atoms with Crippen molar-refractivity contribution in [1.29, 1.82) is 0 Å². The van der Waals surface area contributed by atoms with E-state index in [-0.39, 0.29) is 31.1 Å². The third-order valence-corrected chi connectivity index (χ3v) is 14.5. The molecule has 0 bridgehead atoms. The minimum absolute atomic E-state index is 0.0740. The van der Waals surface area contributed by atoms with Crippen molar-refractivity contribution in [1.82, 2.24) is 0 Å². The molecule has 0 aliphatic rings. The van der Waals surface area contributed by atoms with Crippen molar-refractivity contribution < 1.29 is 28.6 Å². The summed E-state index contributed by atoms with van der Waals surface area (Å²) in [5.74, 6) is -0.863. The van der Waals surface area contributed by atoms with Crippen LogP contribution in [-0.4, -0.2) is 37.2 Å². The van der Waals surface area contributed by atoms with Gasteiger partial charge in [-0.1, -0.05) is 300 Å². The zero-order valence-corrected chi connectivity index (χ0v) is 50.1. The summed E-state index contributed by atoms with van der Waals surface area (Å²) in [5.41, 5.74) is 0. The summed E-state index contributed by atoms with van der Waals surface area (Å²) < 4.78 is 16.9. The molecule has 1 unspecified atom stereocenters. The molecule has 436 valence electrons. The maximum absolute atomic E-state index is 12.9. The molecule has 6 nitrogen and oxygen atoms in total. The first-order valence-electron chi connectivity index (χ1n) is 32.8. The third-order valence-electron chi connectivity index (χ3n) is 14.5. The highest BCUT2D eigenvalue weighted by Gasteiger charge is 2.19. The number of ether oxygens (including phenoxy) is 3. The molecule has 0 spiro atoms. The van der Waals surface area contributed by atoms with Gasteiger partial charge in [-0.15, -0.1) is 0 Å². The van der Waals surface area contributed by atoms with Crippen LogP contribution in [0.1, 0.15) is 342 Å². The summed E-state index contributed by atoms with van der Waals surface area (Å²) in [6, 6.07) is 0. The fourth-order valence-corrected chi connectivity index (χ4v) is 9.61. The lowest BCUT2D eigenvalue weighted by molar-refractivity contribution is -0.167. The molecule has 0 saturated carbocycles. The Hall–Kier alpha value is -2.89. The summed E-state index contributed by atoms with van der Waals surface area (Å²) in [6.45, 7) is 6.57. The van der Waals surface area contributed by atoms with Crippen LogP contribution in [0.3, 0.4) is 0 Å². The van der Waals surface area contributed by atoms with Crippen molar-refractivity contribution in [3.8, 4) is 0 Å². The second kappa shape index (κ2) is 63.6. The van der Waals surface area contributed by atoms with E-state index in [2.05, 4.69) is 81.5 Å². The first-order valence-corrected chi connectivity index (χ1v) is 32.8. The van der Waals surface area contributed by atoms with Gasteiger partial charge in [-0.3, -0.25) is 14.4 Å². The van der Waals surface area contributed by atoms with Gasteiger partial charge in [0, 0.05) is 19.3 Å². The maximum Gasteiger partial charge on any atom is 0.306 e. The van der Waals surface area contributed by atoms with E-state index in [0.717, 1.165) is 89.9 Å². The van der Waals surface area contributed by atoms with Gasteiger partial charge in [0.15, 0.2) is 6.10 Å². The standard InChI is InChI=1S/C69H124O6/c1-4-7-10-13-16-19-22-25-27-29-31-33-34-36-37-39-41-44-47-50-53-56-59-62-68(71)74-65-66(64-73-67(70)61-58-55-52-49-46-43-24-21-18-15-12-9-6-3)75-69(72)63-60-57-54-51-48-45-42-40-38-35-32-30-28-26-23-20-17-14-11-8-5-2/h8,11,17,20,26,28-29,31-32,35,66H,4-7,9-10,12-16,18-19,21-25,27,30,33-34,36-65H2,1-3H3/b11-8-,20-17-,28-26-,31-29-,35-32-. The molecule has 0 aromatic rings. The van der Waals surface area contributed by atoms with E-state index in [1.165, 1.54) is 212 Å².